The van der Waals surface area contributed by atoms with E-state index < -0.39 is 0 Å². The van der Waals surface area contributed by atoms with Gasteiger partial charge in [0.25, 0.3) is 5.91 Å². The maximum absolute atomic E-state index is 14.2. The second-order valence-electron chi connectivity index (χ2n) is 11.0. The first-order valence-corrected chi connectivity index (χ1v) is 15.8. The minimum Gasteiger partial charge on any atom is -0.489 e. The second-order valence-corrected chi connectivity index (χ2v) is 12.0. The van der Waals surface area contributed by atoms with Gasteiger partial charge >= 0.3 is 0 Å². The monoisotopic (exact) mass is 624 g/mol. The summed E-state index contributed by atoms with van der Waals surface area (Å²) in [5, 5.41) is 2.64. The fraction of sp³-hybridized carbons (Fsp3) is 0.222. The van der Waals surface area contributed by atoms with Gasteiger partial charge in [-0.25, -0.2) is 13.8 Å². The van der Waals surface area contributed by atoms with Crippen LogP contribution in [0.5, 0.6) is 5.75 Å². The predicted octanol–water partition coefficient (Wildman–Crippen LogP) is 7.17. The molecule has 0 atom stereocenters. The van der Waals surface area contributed by atoms with Crippen molar-refractivity contribution in [2.75, 3.05) is 31.1 Å². The molecule has 1 aliphatic rings. The van der Waals surface area contributed by atoms with E-state index in [9.17, 15) is 13.6 Å². The summed E-state index contributed by atoms with van der Waals surface area (Å²) in [6.07, 6.45) is 0. The summed E-state index contributed by atoms with van der Waals surface area (Å²) in [5.41, 5.74) is 4.19. The SMILES string of the molecule is O=C(c1csc(CN(Cc2ccc(F)cc2)Cc2ccc(OCc3ccccc3)cc2)n1)N1CCN(c2ccccc2F)CC1. The number of thiazole rings is 1. The Balaban J connectivity index is 1.09. The van der Waals surface area contributed by atoms with E-state index in [4.69, 9.17) is 9.72 Å². The van der Waals surface area contributed by atoms with E-state index in [1.165, 1.54) is 29.5 Å². The number of rotatable bonds is 11. The summed E-state index contributed by atoms with van der Waals surface area (Å²) >= 11 is 1.46. The Hall–Kier alpha value is -4.60. The second kappa shape index (κ2) is 14.5. The number of ether oxygens (including phenoxy) is 1. The van der Waals surface area contributed by atoms with Gasteiger partial charge in [0.05, 0.1) is 12.2 Å². The van der Waals surface area contributed by atoms with Crippen molar-refractivity contribution in [3.8, 4) is 5.75 Å². The van der Waals surface area contributed by atoms with Gasteiger partial charge in [0.15, 0.2) is 0 Å². The van der Waals surface area contributed by atoms with Gasteiger partial charge in [-0.05, 0) is 53.1 Å². The zero-order valence-electron chi connectivity index (χ0n) is 24.8. The summed E-state index contributed by atoms with van der Waals surface area (Å²) in [4.78, 5) is 24.0. The third-order valence-corrected chi connectivity index (χ3v) is 8.62. The molecule has 0 bridgehead atoms. The van der Waals surface area contributed by atoms with Crippen LogP contribution in [0.2, 0.25) is 0 Å². The predicted molar refractivity (Wildman–Crippen MR) is 173 cm³/mol. The van der Waals surface area contributed by atoms with Gasteiger partial charge in [0.2, 0.25) is 0 Å². The van der Waals surface area contributed by atoms with Crippen LogP contribution in [-0.4, -0.2) is 46.9 Å². The Labute approximate surface area is 266 Å². The molecule has 1 amide bonds. The Morgan fingerprint density at radius 2 is 1.40 bits per heavy atom. The van der Waals surface area contributed by atoms with Gasteiger partial charge in [0.1, 0.15) is 34.7 Å². The van der Waals surface area contributed by atoms with Crippen LogP contribution in [-0.2, 0) is 26.2 Å². The van der Waals surface area contributed by atoms with E-state index in [1.807, 2.05) is 58.8 Å². The molecular formula is C36H34F2N4O2S. The third kappa shape index (κ3) is 8.12. The fourth-order valence-corrected chi connectivity index (χ4v) is 6.21. The average Bonchev–Trinajstić information content (AvgIpc) is 3.54. The van der Waals surface area contributed by atoms with Crippen LogP contribution in [0.15, 0.2) is 109 Å². The molecule has 2 heterocycles. The van der Waals surface area contributed by atoms with E-state index in [0.717, 1.165) is 27.4 Å². The molecule has 45 heavy (non-hydrogen) atoms. The van der Waals surface area contributed by atoms with Crippen molar-refractivity contribution >= 4 is 22.9 Å². The Kier molecular flexibility index (Phi) is 9.77. The topological polar surface area (TPSA) is 48.9 Å². The highest BCUT2D eigenvalue weighted by molar-refractivity contribution is 7.09. The van der Waals surface area contributed by atoms with Gasteiger partial charge in [-0.3, -0.25) is 9.69 Å². The molecule has 1 saturated heterocycles. The lowest BCUT2D eigenvalue weighted by molar-refractivity contribution is 0.0741. The zero-order chi connectivity index (χ0) is 31.0. The normalized spacial score (nSPS) is 13.3. The van der Waals surface area contributed by atoms with Crippen LogP contribution in [0.4, 0.5) is 14.5 Å². The maximum Gasteiger partial charge on any atom is 0.273 e. The fourth-order valence-electron chi connectivity index (χ4n) is 5.40. The van der Waals surface area contributed by atoms with Crippen molar-refractivity contribution in [1.29, 1.82) is 0 Å². The van der Waals surface area contributed by atoms with Crippen LogP contribution in [0.25, 0.3) is 0 Å². The van der Waals surface area contributed by atoms with Gasteiger partial charge in [-0.2, -0.15) is 0 Å². The first kappa shape index (κ1) is 30.4. The number of halogens is 2. The zero-order valence-corrected chi connectivity index (χ0v) is 25.6. The number of benzene rings is 4. The Bertz CT molecular complexity index is 1690. The van der Waals surface area contributed by atoms with Crippen molar-refractivity contribution in [2.45, 2.75) is 26.2 Å². The first-order valence-electron chi connectivity index (χ1n) is 15.0. The Morgan fingerprint density at radius 1 is 0.756 bits per heavy atom. The van der Waals surface area contributed by atoms with Crippen LogP contribution >= 0.6 is 11.3 Å². The van der Waals surface area contributed by atoms with Crippen LogP contribution in [0.3, 0.4) is 0 Å². The molecular weight excluding hydrogens is 590 g/mol. The largest absolute Gasteiger partial charge is 0.489 e. The lowest BCUT2D eigenvalue weighted by atomic mass is 10.1. The molecule has 0 N–H and O–H groups in total. The third-order valence-electron chi connectivity index (χ3n) is 7.79. The lowest BCUT2D eigenvalue weighted by Crippen LogP contribution is -2.49. The smallest absolute Gasteiger partial charge is 0.273 e. The number of aromatic nitrogens is 1. The summed E-state index contributed by atoms with van der Waals surface area (Å²) < 4.78 is 33.8. The minimum absolute atomic E-state index is 0.109. The molecule has 1 aliphatic heterocycles. The molecule has 0 spiro atoms. The average molecular weight is 625 g/mol. The molecule has 6 nitrogen and oxygen atoms in total. The van der Waals surface area contributed by atoms with E-state index in [1.54, 1.807) is 29.2 Å². The number of carbonyl (C=O) groups excluding carboxylic acids is 1. The molecule has 0 aliphatic carbocycles. The standard InChI is InChI=1S/C36H34F2N4O2S/c37-30-14-10-27(11-15-30)22-40(23-28-12-16-31(17-13-28)44-25-29-6-2-1-3-7-29)24-35-39-33(26-45-35)36(43)42-20-18-41(19-21-42)34-9-5-4-8-32(34)38/h1-17,26H,18-25H2. The van der Waals surface area contributed by atoms with E-state index in [-0.39, 0.29) is 17.5 Å². The van der Waals surface area contributed by atoms with Crippen LogP contribution < -0.4 is 9.64 Å². The number of amides is 1. The first-order chi connectivity index (χ1) is 22.0. The summed E-state index contributed by atoms with van der Waals surface area (Å²) in [7, 11) is 0. The van der Waals surface area contributed by atoms with Gasteiger partial charge in [-0.1, -0.05) is 66.7 Å². The number of hydrogen-bond acceptors (Lipinski definition) is 6. The summed E-state index contributed by atoms with van der Waals surface area (Å²) in [5.74, 6) is 0.167. The molecule has 230 valence electrons. The lowest BCUT2D eigenvalue weighted by Gasteiger charge is -2.35. The van der Waals surface area contributed by atoms with Crippen LogP contribution in [0.1, 0.15) is 32.2 Å². The summed E-state index contributed by atoms with van der Waals surface area (Å²) in [6, 6.07) is 31.3. The molecule has 0 saturated carbocycles. The quantitative estimate of drug-likeness (QED) is 0.156. The summed E-state index contributed by atoms with van der Waals surface area (Å²) in [6.45, 7) is 4.39. The number of anilines is 1. The van der Waals surface area contributed by atoms with E-state index in [0.29, 0.717) is 63.8 Å². The van der Waals surface area contributed by atoms with Crippen LogP contribution in [0, 0.1) is 11.6 Å². The highest BCUT2D eigenvalue weighted by Crippen LogP contribution is 2.23. The molecule has 1 aromatic heterocycles. The number of nitrogens with zero attached hydrogens (tertiary/aromatic N) is 4. The van der Waals surface area contributed by atoms with Crippen molar-refractivity contribution in [3.05, 3.63) is 148 Å². The van der Waals surface area contributed by atoms with Gasteiger partial charge < -0.3 is 14.5 Å². The van der Waals surface area contributed by atoms with Crippen molar-refractivity contribution in [3.63, 3.8) is 0 Å². The molecule has 0 unspecified atom stereocenters. The number of piperazine rings is 1. The Morgan fingerprint density at radius 3 is 2.09 bits per heavy atom. The van der Waals surface area contributed by atoms with E-state index in [2.05, 4.69) is 17.0 Å². The molecule has 0 radical (unpaired) electrons. The van der Waals surface area contributed by atoms with E-state index >= 15 is 0 Å². The molecule has 9 heteroatoms. The molecule has 5 aromatic rings. The van der Waals surface area contributed by atoms with Gasteiger partial charge in [-0.15, -0.1) is 11.3 Å². The van der Waals surface area contributed by atoms with Crippen molar-refractivity contribution < 1.29 is 18.3 Å². The van der Waals surface area contributed by atoms with Crippen molar-refractivity contribution in [1.82, 2.24) is 14.8 Å². The number of hydrogen-bond donors (Lipinski definition) is 0. The number of carbonyl (C=O) groups is 1. The number of para-hydroxylation sites is 1. The molecule has 4 aromatic carbocycles. The molecule has 6 rings (SSSR count). The van der Waals surface area contributed by atoms with Gasteiger partial charge in [0, 0.05) is 44.6 Å². The highest BCUT2D eigenvalue weighted by atomic mass is 32.1. The molecule has 1 fully saturated rings. The maximum atomic E-state index is 14.2. The van der Waals surface area contributed by atoms with Crippen molar-refractivity contribution in [2.24, 2.45) is 0 Å². The highest BCUT2D eigenvalue weighted by Gasteiger charge is 2.25. The minimum atomic E-state index is -0.269.